The van der Waals surface area contributed by atoms with Crippen LogP contribution in [-0.2, 0) is 6.18 Å². The van der Waals surface area contributed by atoms with Gasteiger partial charge in [0.1, 0.15) is 5.82 Å². The predicted molar refractivity (Wildman–Crippen MR) is 117 cm³/mol. The third kappa shape index (κ3) is 3.88. The first-order valence-corrected chi connectivity index (χ1v) is 10.4. The van der Waals surface area contributed by atoms with Gasteiger partial charge in [-0.25, -0.2) is 14.5 Å². The summed E-state index contributed by atoms with van der Waals surface area (Å²) in [6.45, 7) is 3.56. The number of aromatic nitrogens is 4. The van der Waals surface area contributed by atoms with Gasteiger partial charge in [0.05, 0.1) is 17.5 Å². The highest BCUT2D eigenvalue weighted by Gasteiger charge is 2.34. The van der Waals surface area contributed by atoms with Crippen LogP contribution in [0.2, 0.25) is 0 Å². The molecule has 1 amide bonds. The third-order valence-corrected chi connectivity index (χ3v) is 5.58. The number of carbonyl (C=O) groups excluding carboxylic acids is 1. The number of imidazole rings is 1. The van der Waals surface area contributed by atoms with Crippen LogP contribution in [0.1, 0.15) is 28.0 Å². The quantitative estimate of drug-likeness (QED) is 0.491. The normalized spacial score (nSPS) is 13.8. The molecule has 4 heterocycles. The second kappa shape index (κ2) is 7.88. The largest absolute Gasteiger partial charge is 0.417 e. The minimum absolute atomic E-state index is 0.0663. The van der Waals surface area contributed by atoms with E-state index in [1.807, 2.05) is 0 Å². The molecule has 1 fully saturated rings. The summed E-state index contributed by atoms with van der Waals surface area (Å²) in [5.41, 5.74) is 0.901. The van der Waals surface area contributed by atoms with Gasteiger partial charge in [-0.05, 0) is 37.1 Å². The van der Waals surface area contributed by atoms with Crippen LogP contribution in [0.4, 0.5) is 24.7 Å². The van der Waals surface area contributed by atoms with Crippen molar-refractivity contribution in [1.82, 2.24) is 19.6 Å². The number of nitrogens with zero attached hydrogens (tertiary/aromatic N) is 5. The molecule has 168 valence electrons. The van der Waals surface area contributed by atoms with Crippen molar-refractivity contribution in [3.63, 3.8) is 0 Å². The zero-order chi connectivity index (χ0) is 23.2. The highest BCUT2D eigenvalue weighted by Crippen LogP contribution is 2.36. The van der Waals surface area contributed by atoms with Crippen LogP contribution in [0.25, 0.3) is 16.9 Å². The molecule has 4 aromatic rings. The first kappa shape index (κ1) is 20.9. The number of anilines is 2. The number of carbonyl (C=O) groups is 1. The fraction of sp³-hybridized carbons (Fsp3) is 0.217. The summed E-state index contributed by atoms with van der Waals surface area (Å²) in [5, 5.41) is 7.15. The van der Waals surface area contributed by atoms with Crippen molar-refractivity contribution in [1.29, 1.82) is 0 Å². The molecule has 5 rings (SSSR count). The Kier molecular flexibility index (Phi) is 4.99. The molecule has 0 unspecified atom stereocenters. The Morgan fingerprint density at radius 3 is 2.61 bits per heavy atom. The molecule has 0 aliphatic carbocycles. The summed E-state index contributed by atoms with van der Waals surface area (Å²) in [6, 6.07) is 10.2. The molecule has 1 saturated heterocycles. The van der Waals surface area contributed by atoms with Gasteiger partial charge in [-0.1, -0.05) is 18.2 Å². The first-order chi connectivity index (χ1) is 15.8. The standard InChI is InChI=1S/C23H19F3N6O/c1-14-11-18(16-5-2-3-6-17(16)23(24,25)26)30-32-19(13-28-21(14)32)22(33)29-15-7-8-27-20(12-15)31-9-4-10-31/h2-3,5-8,11-13H,4,9-10H2,1H3,(H,27,29,33). The Morgan fingerprint density at radius 2 is 1.88 bits per heavy atom. The molecule has 1 aliphatic heterocycles. The maximum Gasteiger partial charge on any atom is 0.417 e. The van der Waals surface area contributed by atoms with E-state index in [4.69, 9.17) is 0 Å². The number of rotatable bonds is 4. The molecule has 0 bridgehead atoms. The number of amides is 1. The van der Waals surface area contributed by atoms with Crippen molar-refractivity contribution in [3.8, 4) is 11.3 Å². The van der Waals surface area contributed by atoms with Crippen LogP contribution in [0.5, 0.6) is 0 Å². The summed E-state index contributed by atoms with van der Waals surface area (Å²) in [4.78, 5) is 23.7. The number of hydrogen-bond donors (Lipinski definition) is 1. The number of benzene rings is 1. The van der Waals surface area contributed by atoms with Crippen LogP contribution in [0, 0.1) is 6.92 Å². The molecule has 0 atom stereocenters. The molecular formula is C23H19F3N6O. The molecule has 0 radical (unpaired) electrons. The van der Waals surface area contributed by atoms with Gasteiger partial charge in [-0.15, -0.1) is 0 Å². The van der Waals surface area contributed by atoms with E-state index in [-0.39, 0.29) is 17.0 Å². The Hall–Kier alpha value is -3.95. The molecule has 0 saturated carbocycles. The lowest BCUT2D eigenvalue weighted by atomic mass is 10.0. The lowest BCUT2D eigenvalue weighted by Gasteiger charge is -2.32. The van der Waals surface area contributed by atoms with Crippen LogP contribution in [0.15, 0.2) is 54.9 Å². The molecule has 1 aromatic carbocycles. The fourth-order valence-electron chi connectivity index (χ4n) is 3.77. The lowest BCUT2D eigenvalue weighted by Crippen LogP contribution is -2.37. The molecule has 7 nitrogen and oxygen atoms in total. The highest BCUT2D eigenvalue weighted by atomic mass is 19.4. The number of alkyl halides is 3. The molecule has 3 aromatic heterocycles. The predicted octanol–water partition coefficient (Wildman–Crippen LogP) is 4.58. The first-order valence-electron chi connectivity index (χ1n) is 10.4. The number of hydrogen-bond acceptors (Lipinski definition) is 5. The minimum Gasteiger partial charge on any atom is -0.356 e. The average molecular weight is 452 g/mol. The SMILES string of the molecule is Cc1cc(-c2ccccc2C(F)(F)F)nn2c(C(=O)Nc3ccnc(N4CCC4)c3)cnc12. The van der Waals surface area contributed by atoms with Gasteiger partial charge in [0.2, 0.25) is 0 Å². The number of fused-ring (bicyclic) bond motifs is 1. The zero-order valence-corrected chi connectivity index (χ0v) is 17.6. The number of halogens is 3. The van der Waals surface area contributed by atoms with Gasteiger partial charge in [0.25, 0.3) is 5.91 Å². The van der Waals surface area contributed by atoms with Crippen molar-refractivity contribution in [2.45, 2.75) is 19.5 Å². The summed E-state index contributed by atoms with van der Waals surface area (Å²) in [5.74, 6) is 0.300. The Labute approximate surface area is 186 Å². The van der Waals surface area contributed by atoms with Gasteiger partial charge in [-0.3, -0.25) is 4.79 Å². The van der Waals surface area contributed by atoms with Crippen molar-refractivity contribution in [2.75, 3.05) is 23.3 Å². The van der Waals surface area contributed by atoms with Gasteiger partial charge in [-0.2, -0.15) is 18.3 Å². The summed E-state index contributed by atoms with van der Waals surface area (Å²) in [7, 11) is 0. The monoisotopic (exact) mass is 452 g/mol. The fourth-order valence-corrected chi connectivity index (χ4v) is 3.77. The van der Waals surface area contributed by atoms with Gasteiger partial charge >= 0.3 is 6.18 Å². The van der Waals surface area contributed by atoms with Crippen LogP contribution in [0.3, 0.4) is 0 Å². The van der Waals surface area contributed by atoms with E-state index in [0.717, 1.165) is 31.4 Å². The molecular weight excluding hydrogens is 433 g/mol. The van der Waals surface area contributed by atoms with Gasteiger partial charge in [0, 0.05) is 36.6 Å². The maximum atomic E-state index is 13.5. The van der Waals surface area contributed by atoms with E-state index in [2.05, 4.69) is 25.3 Å². The van der Waals surface area contributed by atoms with E-state index >= 15 is 0 Å². The molecule has 1 N–H and O–H groups in total. The van der Waals surface area contributed by atoms with Gasteiger partial charge in [0.15, 0.2) is 11.3 Å². The van der Waals surface area contributed by atoms with Crippen LogP contribution in [-0.4, -0.2) is 38.6 Å². The second-order valence-corrected chi connectivity index (χ2v) is 7.83. The van der Waals surface area contributed by atoms with E-state index in [9.17, 15) is 18.0 Å². The summed E-state index contributed by atoms with van der Waals surface area (Å²) in [6.07, 6.45) is -0.454. The van der Waals surface area contributed by atoms with E-state index in [0.29, 0.717) is 16.9 Å². The van der Waals surface area contributed by atoms with Crippen molar-refractivity contribution < 1.29 is 18.0 Å². The molecule has 0 spiro atoms. The number of aryl methyl sites for hydroxylation is 1. The number of nitrogens with one attached hydrogen (secondary N) is 1. The average Bonchev–Trinajstić information content (AvgIpc) is 3.17. The van der Waals surface area contributed by atoms with Crippen LogP contribution >= 0.6 is 0 Å². The number of pyridine rings is 1. The van der Waals surface area contributed by atoms with Crippen LogP contribution < -0.4 is 10.2 Å². The van der Waals surface area contributed by atoms with E-state index in [1.54, 1.807) is 25.3 Å². The third-order valence-electron chi connectivity index (χ3n) is 5.58. The van der Waals surface area contributed by atoms with Crippen molar-refractivity contribution in [3.05, 3.63) is 71.7 Å². The van der Waals surface area contributed by atoms with Gasteiger partial charge < -0.3 is 10.2 Å². The molecule has 10 heteroatoms. The maximum absolute atomic E-state index is 13.5. The highest BCUT2D eigenvalue weighted by molar-refractivity contribution is 6.03. The van der Waals surface area contributed by atoms with E-state index < -0.39 is 17.6 Å². The zero-order valence-electron chi connectivity index (χ0n) is 17.6. The second-order valence-electron chi connectivity index (χ2n) is 7.83. The topological polar surface area (TPSA) is 75.4 Å². The minimum atomic E-state index is -4.54. The van der Waals surface area contributed by atoms with Crippen molar-refractivity contribution >= 4 is 23.1 Å². The van der Waals surface area contributed by atoms with E-state index in [1.165, 1.54) is 35.0 Å². The summed E-state index contributed by atoms with van der Waals surface area (Å²) >= 11 is 0. The van der Waals surface area contributed by atoms with Crippen molar-refractivity contribution in [2.24, 2.45) is 0 Å². The Balaban J connectivity index is 1.52. The summed E-state index contributed by atoms with van der Waals surface area (Å²) < 4.78 is 41.9. The molecule has 1 aliphatic rings. The molecule has 33 heavy (non-hydrogen) atoms. The lowest BCUT2D eigenvalue weighted by molar-refractivity contribution is -0.137. The Bertz CT molecular complexity index is 1360. The Morgan fingerprint density at radius 1 is 1.09 bits per heavy atom. The smallest absolute Gasteiger partial charge is 0.356 e.